The van der Waals surface area contributed by atoms with Crippen LogP contribution in [0.3, 0.4) is 0 Å². The molecule has 0 amide bonds. The summed E-state index contributed by atoms with van der Waals surface area (Å²) in [4.78, 5) is 0. The van der Waals surface area contributed by atoms with E-state index >= 15 is 0 Å². The highest BCUT2D eigenvalue weighted by Crippen LogP contribution is 2.39. The quantitative estimate of drug-likeness (QED) is 0.891. The van der Waals surface area contributed by atoms with E-state index in [9.17, 15) is 0 Å². The van der Waals surface area contributed by atoms with Crippen molar-refractivity contribution in [1.29, 1.82) is 0 Å². The molecule has 110 valence electrons. The largest absolute Gasteiger partial charge is 0.493 e. The van der Waals surface area contributed by atoms with Gasteiger partial charge in [0.15, 0.2) is 0 Å². The molecular weight excluding hydrogens is 258 g/mol. The number of benzene rings is 2. The summed E-state index contributed by atoms with van der Waals surface area (Å²) in [6.07, 6.45) is 1.03. The Hall–Kier alpha value is -1.80. The predicted octanol–water partition coefficient (Wildman–Crippen LogP) is 4.08. The minimum Gasteiger partial charge on any atom is -0.493 e. The van der Waals surface area contributed by atoms with Crippen molar-refractivity contribution >= 4 is 0 Å². The van der Waals surface area contributed by atoms with Gasteiger partial charge in [-0.25, -0.2) is 0 Å². The number of hydrogen-bond donors (Lipinski definition) is 1. The number of nitrogens with one attached hydrogen (secondary N) is 1. The van der Waals surface area contributed by atoms with Gasteiger partial charge in [-0.3, -0.25) is 0 Å². The summed E-state index contributed by atoms with van der Waals surface area (Å²) < 4.78 is 5.90. The summed E-state index contributed by atoms with van der Waals surface area (Å²) in [5.41, 5.74) is 4.00. The van der Waals surface area contributed by atoms with Crippen LogP contribution in [0.2, 0.25) is 0 Å². The van der Waals surface area contributed by atoms with Gasteiger partial charge in [0.1, 0.15) is 5.75 Å². The molecule has 0 saturated heterocycles. The SMILES string of the molecule is CCNC(c1cccc2c1OCC2)C(C)c1ccccc1. The number of hydrogen-bond acceptors (Lipinski definition) is 2. The standard InChI is InChI=1S/C19H23NO/c1-3-20-18(14(2)15-8-5-4-6-9-15)17-11-7-10-16-12-13-21-19(16)17/h4-11,14,18,20H,3,12-13H2,1-2H3. The highest BCUT2D eigenvalue weighted by Gasteiger charge is 2.26. The molecule has 0 saturated carbocycles. The van der Waals surface area contributed by atoms with E-state index in [0.717, 1.165) is 25.3 Å². The van der Waals surface area contributed by atoms with Crippen molar-refractivity contribution in [1.82, 2.24) is 5.32 Å². The minimum absolute atomic E-state index is 0.283. The third-order valence-corrected chi connectivity index (χ3v) is 4.33. The fourth-order valence-corrected chi connectivity index (χ4v) is 3.21. The fraction of sp³-hybridized carbons (Fsp3) is 0.368. The lowest BCUT2D eigenvalue weighted by molar-refractivity contribution is 0.345. The van der Waals surface area contributed by atoms with Crippen molar-refractivity contribution in [2.24, 2.45) is 0 Å². The van der Waals surface area contributed by atoms with Crippen LogP contribution >= 0.6 is 0 Å². The molecule has 3 rings (SSSR count). The Morgan fingerprint density at radius 2 is 1.90 bits per heavy atom. The van der Waals surface area contributed by atoms with Crippen LogP contribution in [-0.2, 0) is 6.42 Å². The first-order chi connectivity index (χ1) is 10.3. The summed E-state index contributed by atoms with van der Waals surface area (Å²) in [7, 11) is 0. The molecule has 1 aliphatic heterocycles. The second-order valence-electron chi connectivity index (χ2n) is 5.67. The predicted molar refractivity (Wildman–Crippen MR) is 86.9 cm³/mol. The van der Waals surface area contributed by atoms with Gasteiger partial charge in [0.2, 0.25) is 0 Å². The lowest BCUT2D eigenvalue weighted by Crippen LogP contribution is -2.26. The maximum Gasteiger partial charge on any atom is 0.127 e. The van der Waals surface area contributed by atoms with Gasteiger partial charge >= 0.3 is 0 Å². The molecule has 0 radical (unpaired) electrons. The molecule has 2 heteroatoms. The van der Waals surface area contributed by atoms with Crippen molar-refractivity contribution < 1.29 is 4.74 Å². The molecule has 2 atom stereocenters. The normalized spacial score (nSPS) is 16.1. The highest BCUT2D eigenvalue weighted by atomic mass is 16.5. The molecule has 0 aromatic heterocycles. The van der Waals surface area contributed by atoms with Crippen LogP contribution in [-0.4, -0.2) is 13.2 Å². The van der Waals surface area contributed by atoms with Crippen molar-refractivity contribution in [3.8, 4) is 5.75 Å². The van der Waals surface area contributed by atoms with Crippen LogP contribution in [0, 0.1) is 0 Å². The summed E-state index contributed by atoms with van der Waals surface area (Å²) >= 11 is 0. The van der Waals surface area contributed by atoms with Crippen LogP contribution in [0.25, 0.3) is 0 Å². The minimum atomic E-state index is 0.283. The Kier molecular flexibility index (Phi) is 4.26. The Labute approximate surface area is 127 Å². The zero-order valence-electron chi connectivity index (χ0n) is 12.8. The molecule has 21 heavy (non-hydrogen) atoms. The number of para-hydroxylation sites is 1. The molecule has 1 heterocycles. The first-order valence-electron chi connectivity index (χ1n) is 7.84. The van der Waals surface area contributed by atoms with E-state index in [1.165, 1.54) is 16.7 Å². The number of ether oxygens (including phenoxy) is 1. The maximum atomic E-state index is 5.90. The Morgan fingerprint density at radius 3 is 2.67 bits per heavy atom. The molecule has 1 N–H and O–H groups in total. The van der Waals surface area contributed by atoms with Gasteiger partial charge in [-0.15, -0.1) is 0 Å². The van der Waals surface area contributed by atoms with Gasteiger partial charge in [-0.05, 0) is 17.7 Å². The van der Waals surface area contributed by atoms with E-state index in [1.807, 2.05) is 0 Å². The Bertz CT molecular complexity index is 594. The first kappa shape index (κ1) is 14.2. The zero-order chi connectivity index (χ0) is 14.7. The fourth-order valence-electron chi connectivity index (χ4n) is 3.21. The van der Waals surface area contributed by atoms with Gasteiger partial charge in [-0.2, -0.15) is 0 Å². The van der Waals surface area contributed by atoms with Gasteiger partial charge in [0, 0.05) is 23.9 Å². The molecule has 2 unspecified atom stereocenters. The molecule has 2 aromatic carbocycles. The molecule has 0 aliphatic carbocycles. The van der Waals surface area contributed by atoms with Crippen LogP contribution in [0.1, 0.15) is 42.5 Å². The lowest BCUT2D eigenvalue weighted by atomic mass is 9.87. The summed E-state index contributed by atoms with van der Waals surface area (Å²) in [6, 6.07) is 17.5. The van der Waals surface area contributed by atoms with Gasteiger partial charge in [-0.1, -0.05) is 62.4 Å². The van der Waals surface area contributed by atoms with Crippen molar-refractivity contribution in [3.63, 3.8) is 0 Å². The van der Waals surface area contributed by atoms with Crippen molar-refractivity contribution in [2.75, 3.05) is 13.2 Å². The highest BCUT2D eigenvalue weighted by molar-refractivity contribution is 5.46. The first-order valence-corrected chi connectivity index (χ1v) is 7.84. The lowest BCUT2D eigenvalue weighted by Gasteiger charge is -2.27. The summed E-state index contributed by atoms with van der Waals surface area (Å²) in [5.74, 6) is 1.51. The van der Waals surface area contributed by atoms with E-state index in [0.29, 0.717) is 5.92 Å². The summed E-state index contributed by atoms with van der Waals surface area (Å²) in [5, 5.41) is 3.65. The molecule has 0 fully saturated rings. The average Bonchev–Trinajstić information content (AvgIpc) is 3.01. The zero-order valence-corrected chi connectivity index (χ0v) is 12.8. The third kappa shape index (κ3) is 2.81. The van der Waals surface area contributed by atoms with Crippen LogP contribution in [0.5, 0.6) is 5.75 Å². The van der Waals surface area contributed by atoms with E-state index in [4.69, 9.17) is 4.74 Å². The summed E-state index contributed by atoms with van der Waals surface area (Å²) in [6.45, 7) is 6.21. The van der Waals surface area contributed by atoms with E-state index in [1.54, 1.807) is 0 Å². The number of fused-ring (bicyclic) bond motifs is 1. The molecule has 2 aromatic rings. The van der Waals surface area contributed by atoms with Crippen molar-refractivity contribution in [3.05, 3.63) is 65.2 Å². The average molecular weight is 281 g/mol. The van der Waals surface area contributed by atoms with Gasteiger partial charge < -0.3 is 10.1 Å². The van der Waals surface area contributed by atoms with E-state index in [-0.39, 0.29) is 6.04 Å². The Balaban J connectivity index is 1.97. The number of likely N-dealkylation sites (N-methyl/N-ethyl adjacent to an activating group) is 1. The monoisotopic (exact) mass is 281 g/mol. The maximum absolute atomic E-state index is 5.90. The molecule has 1 aliphatic rings. The molecule has 0 bridgehead atoms. The van der Waals surface area contributed by atoms with Gasteiger partial charge in [0.05, 0.1) is 6.61 Å². The molecular formula is C19H23NO. The number of rotatable bonds is 5. The Morgan fingerprint density at radius 1 is 1.10 bits per heavy atom. The second kappa shape index (κ2) is 6.31. The topological polar surface area (TPSA) is 21.3 Å². The molecule has 0 spiro atoms. The second-order valence-corrected chi connectivity index (χ2v) is 5.67. The smallest absolute Gasteiger partial charge is 0.127 e. The van der Waals surface area contributed by atoms with E-state index in [2.05, 4.69) is 67.7 Å². The van der Waals surface area contributed by atoms with Crippen LogP contribution in [0.4, 0.5) is 0 Å². The van der Waals surface area contributed by atoms with Crippen LogP contribution in [0.15, 0.2) is 48.5 Å². The van der Waals surface area contributed by atoms with Crippen molar-refractivity contribution in [2.45, 2.75) is 32.2 Å². The third-order valence-electron chi connectivity index (χ3n) is 4.33. The van der Waals surface area contributed by atoms with Crippen LogP contribution < -0.4 is 10.1 Å². The molecule has 2 nitrogen and oxygen atoms in total. The van der Waals surface area contributed by atoms with E-state index < -0.39 is 0 Å². The van der Waals surface area contributed by atoms with Gasteiger partial charge in [0.25, 0.3) is 0 Å².